The van der Waals surface area contributed by atoms with Crippen molar-refractivity contribution in [3.8, 4) is 0 Å². The summed E-state index contributed by atoms with van der Waals surface area (Å²) in [7, 11) is 0. The Kier molecular flexibility index (Phi) is 4.88. The van der Waals surface area contributed by atoms with Crippen molar-refractivity contribution in [1.82, 2.24) is 9.47 Å². The highest BCUT2D eigenvalue weighted by Gasteiger charge is 2.29. The molecule has 0 saturated carbocycles. The van der Waals surface area contributed by atoms with Crippen molar-refractivity contribution < 1.29 is 9.18 Å². The van der Waals surface area contributed by atoms with Crippen LogP contribution in [-0.4, -0.2) is 21.9 Å². The molecule has 1 aliphatic heterocycles. The van der Waals surface area contributed by atoms with E-state index in [2.05, 4.69) is 4.57 Å². The van der Waals surface area contributed by atoms with Gasteiger partial charge in [0, 0.05) is 31.1 Å². The topological polar surface area (TPSA) is 25.2 Å². The number of hydrogen-bond acceptors (Lipinski definition) is 1. The minimum Gasteiger partial charge on any atom is -0.349 e. The average molecular weight is 360 g/mol. The van der Waals surface area contributed by atoms with Crippen LogP contribution in [0.4, 0.5) is 4.39 Å². The maximum atomic E-state index is 13.4. The quantitative estimate of drug-likeness (QED) is 0.624. The number of aryl methyl sites for hydroxylation is 1. The Balaban J connectivity index is 1.69. The Morgan fingerprint density at radius 3 is 2.52 bits per heavy atom. The minimum atomic E-state index is -0.274. The van der Waals surface area contributed by atoms with Gasteiger partial charge >= 0.3 is 0 Å². The van der Waals surface area contributed by atoms with E-state index in [0.29, 0.717) is 6.54 Å². The molecule has 136 valence electrons. The smallest absolute Gasteiger partial charge is 0.247 e. The summed E-state index contributed by atoms with van der Waals surface area (Å²) in [4.78, 5) is 14.9. The second-order valence-electron chi connectivity index (χ2n) is 6.71. The maximum Gasteiger partial charge on any atom is 0.247 e. The van der Waals surface area contributed by atoms with E-state index in [9.17, 15) is 9.18 Å². The predicted octanol–water partition coefficient (Wildman–Crippen LogP) is 4.66. The molecule has 1 aliphatic rings. The summed E-state index contributed by atoms with van der Waals surface area (Å²) >= 11 is 0. The summed E-state index contributed by atoms with van der Waals surface area (Å²) in [5.74, 6) is -0.313. The Morgan fingerprint density at radius 2 is 1.74 bits per heavy atom. The second-order valence-corrected chi connectivity index (χ2v) is 6.71. The molecular weight excluding hydrogens is 339 g/mol. The lowest BCUT2D eigenvalue weighted by molar-refractivity contribution is -0.127. The number of carbonyl (C=O) groups excluding carboxylic acids is 1. The predicted molar refractivity (Wildman–Crippen MR) is 104 cm³/mol. The van der Waals surface area contributed by atoms with E-state index in [1.54, 1.807) is 18.2 Å². The van der Waals surface area contributed by atoms with Gasteiger partial charge in [-0.25, -0.2) is 4.39 Å². The van der Waals surface area contributed by atoms with Gasteiger partial charge in [0.1, 0.15) is 5.82 Å². The molecule has 1 unspecified atom stereocenters. The van der Waals surface area contributed by atoms with E-state index in [-0.39, 0.29) is 17.8 Å². The zero-order valence-corrected chi connectivity index (χ0v) is 15.0. The van der Waals surface area contributed by atoms with Gasteiger partial charge in [-0.3, -0.25) is 4.79 Å². The molecule has 0 fully saturated rings. The fraction of sp³-hybridized carbons (Fsp3) is 0.174. The molecule has 0 saturated heterocycles. The molecule has 0 aliphatic carbocycles. The first kappa shape index (κ1) is 17.3. The number of rotatable bonds is 3. The third-order valence-corrected chi connectivity index (χ3v) is 4.94. The van der Waals surface area contributed by atoms with Crippen LogP contribution in [0, 0.1) is 5.82 Å². The molecule has 4 rings (SSSR count). The molecular formula is C23H21FN2O. The zero-order chi connectivity index (χ0) is 18.6. The Labute approximate surface area is 158 Å². The van der Waals surface area contributed by atoms with Crippen LogP contribution in [0.2, 0.25) is 0 Å². The monoisotopic (exact) mass is 360 g/mol. The molecule has 1 aromatic heterocycles. The van der Waals surface area contributed by atoms with Gasteiger partial charge in [-0.05, 0) is 47.9 Å². The molecule has 0 radical (unpaired) electrons. The number of fused-ring (bicyclic) bond motifs is 1. The number of aromatic nitrogens is 1. The molecule has 1 atom stereocenters. The van der Waals surface area contributed by atoms with Gasteiger partial charge in [-0.2, -0.15) is 0 Å². The van der Waals surface area contributed by atoms with Crippen molar-refractivity contribution in [3.05, 3.63) is 102 Å². The summed E-state index contributed by atoms with van der Waals surface area (Å²) in [6.07, 6.45) is 6.39. The molecule has 4 heteroatoms. The van der Waals surface area contributed by atoms with Gasteiger partial charge in [0.25, 0.3) is 0 Å². The van der Waals surface area contributed by atoms with Crippen LogP contribution in [0.3, 0.4) is 0 Å². The fourth-order valence-corrected chi connectivity index (χ4v) is 3.64. The molecule has 3 aromatic rings. The van der Waals surface area contributed by atoms with Crippen molar-refractivity contribution in [3.63, 3.8) is 0 Å². The number of carbonyl (C=O) groups is 1. The van der Waals surface area contributed by atoms with Crippen LogP contribution < -0.4 is 0 Å². The van der Waals surface area contributed by atoms with Gasteiger partial charge < -0.3 is 9.47 Å². The molecule has 2 heterocycles. The van der Waals surface area contributed by atoms with E-state index in [4.69, 9.17) is 0 Å². The maximum absolute atomic E-state index is 13.4. The van der Waals surface area contributed by atoms with E-state index < -0.39 is 0 Å². The van der Waals surface area contributed by atoms with Crippen LogP contribution in [0.1, 0.15) is 29.3 Å². The average Bonchev–Trinajstić information content (AvgIpc) is 3.08. The second kappa shape index (κ2) is 7.62. The first-order chi connectivity index (χ1) is 13.2. The molecule has 1 amide bonds. The lowest BCUT2D eigenvalue weighted by Gasteiger charge is -2.30. The lowest BCUT2D eigenvalue weighted by atomic mass is 10.0. The van der Waals surface area contributed by atoms with Crippen LogP contribution in [0.15, 0.2) is 79.0 Å². The van der Waals surface area contributed by atoms with Gasteiger partial charge in [-0.15, -0.1) is 0 Å². The Bertz CT molecular complexity index is 944. The summed E-state index contributed by atoms with van der Waals surface area (Å²) in [5, 5.41) is 0. The summed E-state index contributed by atoms with van der Waals surface area (Å²) in [6.45, 7) is 1.52. The normalized spacial score (nSPS) is 16.9. The van der Waals surface area contributed by atoms with E-state index in [0.717, 1.165) is 29.8 Å². The Hall–Kier alpha value is -3.14. The van der Waals surface area contributed by atoms with Crippen LogP contribution in [-0.2, 0) is 11.3 Å². The van der Waals surface area contributed by atoms with Gasteiger partial charge in [0.2, 0.25) is 5.91 Å². The standard InChI is InChI=1S/C23H21FN2O/c24-20-12-10-19(11-13-20)23-21-8-4-15-25(21)16-5-17-26(23)22(27)14-9-18-6-2-1-3-7-18/h1-4,6-15,23H,5,16-17H2/b14-9+. The largest absolute Gasteiger partial charge is 0.349 e. The minimum absolute atomic E-state index is 0.0390. The third kappa shape index (κ3) is 3.70. The Morgan fingerprint density at radius 1 is 0.963 bits per heavy atom. The number of amides is 1. The molecule has 0 bridgehead atoms. The van der Waals surface area contributed by atoms with Crippen LogP contribution >= 0.6 is 0 Å². The van der Waals surface area contributed by atoms with E-state index in [1.807, 2.05) is 59.6 Å². The third-order valence-electron chi connectivity index (χ3n) is 4.94. The SMILES string of the molecule is O=C(/C=C/c1ccccc1)N1CCCn2cccc2C1c1ccc(F)cc1. The van der Waals surface area contributed by atoms with Crippen molar-refractivity contribution in [2.24, 2.45) is 0 Å². The molecule has 3 nitrogen and oxygen atoms in total. The zero-order valence-electron chi connectivity index (χ0n) is 15.0. The molecule has 0 N–H and O–H groups in total. The fourth-order valence-electron chi connectivity index (χ4n) is 3.64. The van der Waals surface area contributed by atoms with Gasteiger partial charge in [-0.1, -0.05) is 42.5 Å². The number of hydrogen-bond donors (Lipinski definition) is 0. The highest BCUT2D eigenvalue weighted by atomic mass is 19.1. The summed E-state index contributed by atoms with van der Waals surface area (Å²) in [5.41, 5.74) is 2.96. The van der Waals surface area contributed by atoms with Crippen molar-refractivity contribution in [2.75, 3.05) is 6.54 Å². The molecule has 0 spiro atoms. The highest BCUT2D eigenvalue weighted by Crippen LogP contribution is 2.32. The van der Waals surface area contributed by atoms with E-state index in [1.165, 1.54) is 12.1 Å². The first-order valence-electron chi connectivity index (χ1n) is 9.16. The van der Waals surface area contributed by atoms with Gasteiger partial charge in [0.05, 0.1) is 6.04 Å². The summed E-state index contributed by atoms with van der Waals surface area (Å²) in [6, 6.07) is 20.0. The number of halogens is 1. The van der Waals surface area contributed by atoms with Crippen molar-refractivity contribution in [1.29, 1.82) is 0 Å². The van der Waals surface area contributed by atoms with Crippen molar-refractivity contribution >= 4 is 12.0 Å². The lowest BCUT2D eigenvalue weighted by Crippen LogP contribution is -2.34. The first-order valence-corrected chi connectivity index (χ1v) is 9.16. The van der Waals surface area contributed by atoms with Gasteiger partial charge in [0.15, 0.2) is 0 Å². The van der Waals surface area contributed by atoms with E-state index >= 15 is 0 Å². The van der Waals surface area contributed by atoms with Crippen LogP contribution in [0.25, 0.3) is 6.08 Å². The van der Waals surface area contributed by atoms with Crippen LogP contribution in [0.5, 0.6) is 0 Å². The molecule has 2 aromatic carbocycles. The summed E-state index contributed by atoms with van der Waals surface area (Å²) < 4.78 is 15.6. The number of nitrogens with zero attached hydrogens (tertiary/aromatic N) is 2. The van der Waals surface area contributed by atoms with Crippen molar-refractivity contribution in [2.45, 2.75) is 19.0 Å². The highest BCUT2D eigenvalue weighted by molar-refractivity contribution is 5.92. The number of benzene rings is 2. The molecule has 27 heavy (non-hydrogen) atoms.